The standard InChI is InChI=1S/C3H5Cl3O2/c4-2(5)1-3(6,7)8/h2,7-8H,1H2. The van der Waals surface area contributed by atoms with Crippen LogP contribution in [0.4, 0.5) is 0 Å². The van der Waals surface area contributed by atoms with Crippen LogP contribution in [-0.4, -0.2) is 20.3 Å². The summed E-state index contributed by atoms with van der Waals surface area (Å²) >= 11 is 15.1. The largest absolute Gasteiger partial charge is 0.353 e. The summed E-state index contributed by atoms with van der Waals surface area (Å²) < 4.78 is 0. The SMILES string of the molecule is OC(O)(Cl)CC(Cl)Cl. The molecule has 0 saturated carbocycles. The molecule has 0 heterocycles. The molecule has 0 rings (SSSR count). The summed E-state index contributed by atoms with van der Waals surface area (Å²) in [5.74, 6) is 0. The van der Waals surface area contributed by atoms with E-state index < -0.39 is 10.1 Å². The quantitative estimate of drug-likeness (QED) is 0.491. The highest BCUT2D eigenvalue weighted by Gasteiger charge is 2.21. The predicted molar refractivity (Wildman–Crippen MR) is 33.1 cm³/mol. The molecule has 0 aromatic heterocycles. The van der Waals surface area contributed by atoms with Crippen LogP contribution in [0.1, 0.15) is 6.42 Å². The zero-order valence-corrected chi connectivity index (χ0v) is 6.08. The Labute approximate surface area is 62.0 Å². The second-order valence-corrected chi connectivity index (χ2v) is 3.20. The van der Waals surface area contributed by atoms with Gasteiger partial charge in [0.2, 0.25) is 5.25 Å². The second-order valence-electron chi connectivity index (χ2n) is 1.31. The fourth-order valence-corrected chi connectivity index (χ4v) is 0.939. The van der Waals surface area contributed by atoms with E-state index in [-0.39, 0.29) is 6.42 Å². The molecule has 0 amide bonds. The van der Waals surface area contributed by atoms with Crippen LogP contribution in [-0.2, 0) is 0 Å². The molecule has 0 bridgehead atoms. The maximum atomic E-state index is 8.34. The van der Waals surface area contributed by atoms with Gasteiger partial charge in [0, 0.05) is 6.42 Å². The summed E-state index contributed by atoms with van der Waals surface area (Å²) in [5.41, 5.74) is 0. The summed E-state index contributed by atoms with van der Waals surface area (Å²) in [6.07, 6.45) is -0.266. The van der Waals surface area contributed by atoms with Gasteiger partial charge in [0.25, 0.3) is 0 Å². The molecule has 0 aromatic rings. The molecule has 0 radical (unpaired) electrons. The van der Waals surface area contributed by atoms with Crippen LogP contribution in [0.5, 0.6) is 0 Å². The van der Waals surface area contributed by atoms with Gasteiger partial charge in [0.15, 0.2) is 0 Å². The topological polar surface area (TPSA) is 40.5 Å². The number of aliphatic hydroxyl groups is 2. The summed E-state index contributed by atoms with van der Waals surface area (Å²) in [6.45, 7) is 0. The number of halogens is 3. The first-order valence-corrected chi connectivity index (χ1v) is 3.09. The van der Waals surface area contributed by atoms with Crippen molar-refractivity contribution in [1.29, 1.82) is 0 Å². The van der Waals surface area contributed by atoms with Crippen molar-refractivity contribution in [1.82, 2.24) is 0 Å². The summed E-state index contributed by atoms with van der Waals surface area (Å²) in [6, 6.07) is 0. The Morgan fingerprint density at radius 3 is 1.75 bits per heavy atom. The van der Waals surface area contributed by atoms with Crippen LogP contribution in [0.3, 0.4) is 0 Å². The Kier molecular flexibility index (Phi) is 3.39. The molecule has 50 valence electrons. The molecule has 0 atom stereocenters. The van der Waals surface area contributed by atoms with Gasteiger partial charge in [0.1, 0.15) is 4.84 Å². The first-order valence-electron chi connectivity index (χ1n) is 1.83. The van der Waals surface area contributed by atoms with Crippen LogP contribution in [0.2, 0.25) is 0 Å². The van der Waals surface area contributed by atoms with Crippen molar-refractivity contribution in [2.24, 2.45) is 0 Å². The molecule has 2 N–H and O–H groups in total. The van der Waals surface area contributed by atoms with Crippen molar-refractivity contribution < 1.29 is 10.2 Å². The van der Waals surface area contributed by atoms with Crippen molar-refractivity contribution in [2.45, 2.75) is 16.5 Å². The minimum absolute atomic E-state index is 0.266. The van der Waals surface area contributed by atoms with E-state index in [1.807, 2.05) is 0 Å². The van der Waals surface area contributed by atoms with Crippen LogP contribution >= 0.6 is 34.8 Å². The van der Waals surface area contributed by atoms with Crippen molar-refractivity contribution >= 4 is 34.8 Å². The second kappa shape index (κ2) is 3.08. The Bertz CT molecular complexity index is 67.4. The van der Waals surface area contributed by atoms with Crippen molar-refractivity contribution in [3.63, 3.8) is 0 Å². The van der Waals surface area contributed by atoms with E-state index in [2.05, 4.69) is 0 Å². The lowest BCUT2D eigenvalue weighted by Gasteiger charge is -2.11. The molecule has 0 saturated heterocycles. The number of alkyl halides is 3. The van der Waals surface area contributed by atoms with Crippen LogP contribution < -0.4 is 0 Å². The molecule has 0 unspecified atom stereocenters. The van der Waals surface area contributed by atoms with Gasteiger partial charge in [-0.25, -0.2) is 0 Å². The summed E-state index contributed by atoms with van der Waals surface area (Å²) in [7, 11) is 0. The minimum atomic E-state index is -2.27. The lowest BCUT2D eigenvalue weighted by molar-refractivity contribution is -0.0866. The number of hydrogen-bond donors (Lipinski definition) is 2. The van der Waals surface area contributed by atoms with E-state index in [1.54, 1.807) is 0 Å². The maximum Gasteiger partial charge on any atom is 0.245 e. The van der Waals surface area contributed by atoms with Crippen LogP contribution in [0.15, 0.2) is 0 Å². The molecule has 0 aliphatic rings. The molecule has 0 fully saturated rings. The van der Waals surface area contributed by atoms with Gasteiger partial charge in [-0.3, -0.25) is 0 Å². The Balaban J connectivity index is 3.39. The lowest BCUT2D eigenvalue weighted by atomic mass is 10.5. The molecule has 0 aromatic carbocycles. The zero-order valence-electron chi connectivity index (χ0n) is 3.81. The molecule has 0 aliphatic carbocycles. The van der Waals surface area contributed by atoms with Gasteiger partial charge < -0.3 is 10.2 Å². The van der Waals surface area contributed by atoms with Gasteiger partial charge in [-0.15, -0.1) is 23.2 Å². The molecule has 5 heteroatoms. The van der Waals surface area contributed by atoms with Gasteiger partial charge in [-0.2, -0.15) is 0 Å². The molecular weight excluding hydrogens is 174 g/mol. The van der Waals surface area contributed by atoms with Crippen molar-refractivity contribution in [3.8, 4) is 0 Å². The molecule has 0 aliphatic heterocycles. The summed E-state index contributed by atoms with van der Waals surface area (Å²) in [4.78, 5) is -0.845. The third-order valence-electron chi connectivity index (χ3n) is 0.414. The highest BCUT2D eigenvalue weighted by atomic mass is 35.5. The average Bonchev–Trinajstić information content (AvgIpc) is 1.21. The predicted octanol–water partition coefficient (Wildman–Crippen LogP) is 1.06. The van der Waals surface area contributed by atoms with E-state index in [1.165, 1.54) is 0 Å². The van der Waals surface area contributed by atoms with Gasteiger partial charge in [-0.1, -0.05) is 11.6 Å². The van der Waals surface area contributed by atoms with Crippen LogP contribution in [0.25, 0.3) is 0 Å². The summed E-state index contributed by atoms with van der Waals surface area (Å²) in [5, 5.41) is 14.4. The van der Waals surface area contributed by atoms with Gasteiger partial charge in [0.05, 0.1) is 0 Å². The zero-order chi connectivity index (χ0) is 6.78. The van der Waals surface area contributed by atoms with Crippen molar-refractivity contribution in [3.05, 3.63) is 0 Å². The third-order valence-corrected chi connectivity index (χ3v) is 0.877. The number of rotatable bonds is 2. The monoisotopic (exact) mass is 178 g/mol. The van der Waals surface area contributed by atoms with Gasteiger partial charge >= 0.3 is 0 Å². The van der Waals surface area contributed by atoms with E-state index in [9.17, 15) is 0 Å². The normalized spacial score (nSPS) is 12.8. The van der Waals surface area contributed by atoms with E-state index in [4.69, 9.17) is 45.0 Å². The fourth-order valence-electron chi connectivity index (χ4n) is 0.196. The fraction of sp³-hybridized carbons (Fsp3) is 1.00. The highest BCUT2D eigenvalue weighted by molar-refractivity contribution is 6.44. The average molecular weight is 179 g/mol. The van der Waals surface area contributed by atoms with Crippen molar-refractivity contribution in [2.75, 3.05) is 0 Å². The Morgan fingerprint density at radius 2 is 1.75 bits per heavy atom. The molecule has 0 spiro atoms. The molecule has 2 nitrogen and oxygen atoms in total. The first-order chi connectivity index (χ1) is 3.42. The van der Waals surface area contributed by atoms with E-state index in [0.29, 0.717) is 0 Å². The highest BCUT2D eigenvalue weighted by Crippen LogP contribution is 2.19. The smallest absolute Gasteiger partial charge is 0.245 e. The Hall–Kier alpha value is 0.790. The molecule has 8 heavy (non-hydrogen) atoms. The maximum absolute atomic E-state index is 8.34. The van der Waals surface area contributed by atoms with Crippen LogP contribution in [0, 0.1) is 0 Å². The number of hydrogen-bond acceptors (Lipinski definition) is 2. The minimum Gasteiger partial charge on any atom is -0.353 e. The van der Waals surface area contributed by atoms with E-state index in [0.717, 1.165) is 0 Å². The van der Waals surface area contributed by atoms with Gasteiger partial charge in [-0.05, 0) is 0 Å². The Morgan fingerprint density at radius 1 is 1.38 bits per heavy atom. The lowest BCUT2D eigenvalue weighted by Crippen LogP contribution is -2.21. The van der Waals surface area contributed by atoms with E-state index >= 15 is 0 Å². The first kappa shape index (κ1) is 8.79. The third kappa shape index (κ3) is 6.79. The molecular formula is C3H5Cl3O2.